The molecular formula is C62H120N32O12S. The van der Waals surface area contributed by atoms with E-state index in [1.54, 1.807) is 0 Å². The Morgan fingerprint density at radius 2 is 0.720 bits per heavy atom. The van der Waals surface area contributed by atoms with E-state index in [9.17, 15) is 52.7 Å². The van der Waals surface area contributed by atoms with Gasteiger partial charge < -0.3 is 144 Å². The number of nitrogens with zero attached hydrogens (tertiary/aromatic N) is 7. The summed E-state index contributed by atoms with van der Waals surface area (Å²) in [6, 6.07) is -12.6. The van der Waals surface area contributed by atoms with Crippen LogP contribution in [0.4, 0.5) is 0 Å². The number of carbonyl (C=O) groups is 12. The Morgan fingerprint density at radius 3 is 1.07 bits per heavy atom. The molecule has 0 radical (unpaired) electrons. The van der Waals surface area contributed by atoms with Crippen molar-refractivity contribution in [2.24, 2.45) is 116 Å². The van der Waals surface area contributed by atoms with E-state index in [0.29, 0.717) is 19.3 Å². The second-order valence-corrected chi connectivity index (χ2v) is 25.6. The molecule has 0 aromatic carbocycles. The van der Waals surface area contributed by atoms with Crippen molar-refractivity contribution in [3.8, 4) is 0 Å². The van der Waals surface area contributed by atoms with Gasteiger partial charge in [-0.1, -0.05) is 0 Å². The molecule has 606 valence electrons. The van der Waals surface area contributed by atoms with Crippen molar-refractivity contribution in [1.29, 1.82) is 0 Å². The van der Waals surface area contributed by atoms with Gasteiger partial charge in [0.25, 0.3) is 0 Å². The monoisotopic (exact) mass is 1540 g/mol. The van der Waals surface area contributed by atoms with Crippen molar-refractivity contribution in [3.05, 3.63) is 0 Å². The van der Waals surface area contributed by atoms with Crippen LogP contribution in [0.2, 0.25) is 0 Å². The molecule has 0 aliphatic carbocycles. The van der Waals surface area contributed by atoms with E-state index in [4.69, 9.17) is 86.0 Å². The Bertz CT molecular complexity index is 3010. The van der Waals surface area contributed by atoms with E-state index in [1.807, 2.05) is 0 Å². The minimum atomic E-state index is -1.55. The first-order chi connectivity index (χ1) is 50.8. The van der Waals surface area contributed by atoms with Crippen LogP contribution < -0.4 is 139 Å². The van der Waals surface area contributed by atoms with Crippen molar-refractivity contribution in [3.63, 3.8) is 0 Å². The summed E-state index contributed by atoms with van der Waals surface area (Å²) in [4.78, 5) is 195. The number of hydrogen-bond donors (Lipinski definition) is 26. The molecule has 0 saturated carbocycles. The van der Waals surface area contributed by atoms with Crippen molar-refractivity contribution >= 4 is 119 Å². The summed E-state index contributed by atoms with van der Waals surface area (Å²) in [6.07, 6.45) is 1.30. The number of guanidine groups is 6. The second kappa shape index (κ2) is 55.0. The molecule has 0 aromatic heterocycles. The third-order valence-electron chi connectivity index (χ3n) is 16.1. The molecule has 0 unspecified atom stereocenters. The number of aliphatic imine (C=N–C) groups is 6. The third-order valence-corrected chi connectivity index (χ3v) is 16.5. The molecule has 1 fully saturated rings. The van der Waals surface area contributed by atoms with Gasteiger partial charge in [-0.25, -0.2) is 0 Å². The lowest BCUT2D eigenvalue weighted by molar-refractivity contribution is -0.141. The lowest BCUT2D eigenvalue weighted by Crippen LogP contribution is -2.60. The minimum Gasteiger partial charge on any atom is -0.370 e. The topological polar surface area (TPSA) is 793 Å². The summed E-state index contributed by atoms with van der Waals surface area (Å²) in [7, 11) is 0. The quantitative estimate of drug-likeness (QED) is 0.0117. The molecule has 0 spiro atoms. The first-order valence-electron chi connectivity index (χ1n) is 35.7. The Hall–Kier alpha value is -10.5. The predicted octanol–water partition coefficient (Wildman–Crippen LogP) is -10.7. The largest absolute Gasteiger partial charge is 0.370 e. The molecular weight excluding hydrogens is 1420 g/mol. The zero-order chi connectivity index (χ0) is 80.2. The van der Waals surface area contributed by atoms with Crippen LogP contribution in [0, 0.1) is 0 Å². The molecule has 0 bridgehead atoms. The number of unbranched alkanes of at least 4 members (excludes halogenated alkanes) is 2. The SMILES string of the molecule is NCCCC[C@@H]1NC(=O)[C@H](CCCN=C(N)N)NC(=O)CCCCC(=O)NCCCN(CC(=O)N[C@@H](CCCN=C(N)N)C(=O)N[C@@H](CCCN=C(N)N)C(=O)N[C@@H](CCCN=C(N)N)C(=O)N[C@@H](CS)C(N)=O)C(=O)[C@H](CCCN=C(N)N)NC(=O)[C@H](CCCN=C(N)N)NC(=O)[C@H](CCCCN)NC1=O. The summed E-state index contributed by atoms with van der Waals surface area (Å²) in [5.41, 5.74) is 84.2. The zero-order valence-corrected chi connectivity index (χ0v) is 62.0. The fourth-order valence-electron chi connectivity index (χ4n) is 10.6. The van der Waals surface area contributed by atoms with Crippen molar-refractivity contribution in [1.82, 2.24) is 58.1 Å². The molecule has 1 heterocycles. The number of hydrogen-bond acceptors (Lipinski definition) is 21. The highest BCUT2D eigenvalue weighted by Gasteiger charge is 2.36. The third kappa shape index (κ3) is 44.2. The van der Waals surface area contributed by atoms with Crippen molar-refractivity contribution < 1.29 is 57.5 Å². The van der Waals surface area contributed by atoms with E-state index in [0.717, 1.165) is 4.90 Å². The predicted molar refractivity (Wildman–Crippen MR) is 408 cm³/mol. The zero-order valence-electron chi connectivity index (χ0n) is 61.1. The van der Waals surface area contributed by atoms with E-state index in [-0.39, 0.29) is 235 Å². The lowest BCUT2D eigenvalue weighted by Gasteiger charge is -2.30. The number of primary amides is 1. The molecule has 1 rings (SSSR count). The molecule has 107 heavy (non-hydrogen) atoms. The Kier molecular flexibility index (Phi) is 48.6. The average molecular weight is 1540 g/mol. The van der Waals surface area contributed by atoms with E-state index < -0.39 is 132 Å². The molecule has 40 N–H and O–H groups in total. The van der Waals surface area contributed by atoms with Gasteiger partial charge in [0.2, 0.25) is 70.9 Å². The maximum atomic E-state index is 15.4. The molecule has 1 saturated heterocycles. The second-order valence-electron chi connectivity index (χ2n) is 25.2. The number of thiol groups is 1. The van der Waals surface area contributed by atoms with Crippen molar-refractivity contribution in [2.45, 2.75) is 202 Å². The van der Waals surface area contributed by atoms with Gasteiger partial charge in [-0.05, 0) is 148 Å². The van der Waals surface area contributed by atoms with Crippen LogP contribution in [0.3, 0.4) is 0 Å². The van der Waals surface area contributed by atoms with E-state index >= 15 is 4.79 Å². The summed E-state index contributed by atoms with van der Waals surface area (Å²) in [5, 5.41) is 26.8. The van der Waals surface area contributed by atoms with E-state index in [2.05, 4.69) is 95.8 Å². The standard InChI is InChI=1S/C62H120N32O12S/c63-24-5-3-14-38-51(101)88-39(15-4-6-25-64)52(102)90-41(19-10-29-82-60(72)73)54(104)92-43(21-12-31-84-62(76)77)56(106)94(33-13-32-78-45(95)22-1-2-23-46(96)85-36(49(99)87-38)16-7-26-79-57(66)67)34-47(97)86-37(17-8-27-80-58(68)69)50(100)89-40(18-9-28-81-59(70)71)53(103)91-42(20-11-30-83-61(74)75)55(105)93-44(35-107)48(65)98/h36-44,107H,1-35,63-64H2,(H2,65,98)(H,78,95)(H,85,96)(H,86,97)(H,87,99)(H,88,101)(H,89,100)(H,90,102)(H,91,103)(H,92,104)(H,93,105)(H4,66,67,79)(H4,68,69,80)(H4,70,71,81)(H4,72,73,82)(H4,74,75,83)(H4,76,77,84)/t36-,37-,38-,39-,40-,41-,42-,43-,44-/m0/s1. The van der Waals surface area contributed by atoms with Crippen LogP contribution >= 0.6 is 12.6 Å². The Balaban J connectivity index is 4.24. The average Bonchev–Trinajstić information content (AvgIpc) is 0.861. The van der Waals surface area contributed by atoms with Crippen LogP contribution in [0.25, 0.3) is 0 Å². The number of nitrogens with two attached hydrogens (primary N) is 15. The Morgan fingerprint density at radius 1 is 0.402 bits per heavy atom. The Labute approximate surface area is 628 Å². The lowest BCUT2D eigenvalue weighted by atomic mass is 10.0. The van der Waals surface area contributed by atoms with Gasteiger partial charge in [0.15, 0.2) is 35.8 Å². The normalized spacial score (nSPS) is 18.5. The summed E-state index contributed by atoms with van der Waals surface area (Å²) >= 11 is 4.10. The number of amides is 12. The molecule has 45 heteroatoms. The molecule has 0 aromatic rings. The first kappa shape index (κ1) is 94.5. The van der Waals surface area contributed by atoms with Gasteiger partial charge in [0.1, 0.15) is 54.4 Å². The highest BCUT2D eigenvalue weighted by atomic mass is 32.1. The summed E-state index contributed by atoms with van der Waals surface area (Å²) < 4.78 is 0. The fourth-order valence-corrected chi connectivity index (χ4v) is 10.9. The maximum absolute atomic E-state index is 15.4. The van der Waals surface area contributed by atoms with Crippen LogP contribution in [0.5, 0.6) is 0 Å². The van der Waals surface area contributed by atoms with Gasteiger partial charge in [-0.2, -0.15) is 12.6 Å². The highest BCUT2D eigenvalue weighted by Crippen LogP contribution is 2.14. The van der Waals surface area contributed by atoms with Crippen molar-refractivity contribution in [2.75, 3.05) is 77.7 Å². The van der Waals surface area contributed by atoms with Crippen LogP contribution in [0.15, 0.2) is 30.0 Å². The molecule has 1 aliphatic heterocycles. The highest BCUT2D eigenvalue weighted by molar-refractivity contribution is 7.80. The summed E-state index contributed by atoms with van der Waals surface area (Å²) in [6.45, 7) is -0.895. The molecule has 9 atom stereocenters. The van der Waals surface area contributed by atoms with Gasteiger partial charge >= 0.3 is 0 Å². The van der Waals surface area contributed by atoms with Gasteiger partial charge in [-0.3, -0.25) is 87.5 Å². The van der Waals surface area contributed by atoms with Crippen LogP contribution in [-0.4, -0.2) is 244 Å². The maximum Gasteiger partial charge on any atom is 0.245 e. The molecule has 12 amide bonds. The van der Waals surface area contributed by atoms with Gasteiger partial charge in [0.05, 0.1) is 6.54 Å². The molecule has 44 nitrogen and oxygen atoms in total. The van der Waals surface area contributed by atoms with Gasteiger partial charge in [-0.15, -0.1) is 0 Å². The van der Waals surface area contributed by atoms with Crippen LogP contribution in [0.1, 0.15) is 148 Å². The molecule has 1 aliphatic rings. The first-order valence-corrected chi connectivity index (χ1v) is 36.3. The minimum absolute atomic E-state index is 0.0180. The van der Waals surface area contributed by atoms with E-state index in [1.165, 1.54) is 0 Å². The van der Waals surface area contributed by atoms with Crippen LogP contribution in [-0.2, 0) is 57.5 Å². The number of rotatable bonds is 43. The number of nitrogens with one attached hydrogen (secondary N) is 10. The van der Waals surface area contributed by atoms with Gasteiger partial charge in [0, 0.05) is 71.0 Å². The smallest absolute Gasteiger partial charge is 0.245 e. The number of carbonyl (C=O) groups excluding carboxylic acids is 12. The summed E-state index contributed by atoms with van der Waals surface area (Å²) in [5.74, 6) is -11.7. The fraction of sp³-hybridized carbons (Fsp3) is 0.710.